The fraction of sp³-hybridized carbons (Fsp3) is 0.375. The first-order valence-electron chi connectivity index (χ1n) is 7.05. The number of ether oxygens (including phenoxy) is 1. The van der Waals surface area contributed by atoms with Crippen LogP contribution in [-0.2, 0) is 0 Å². The number of aryl methyl sites for hydroxylation is 2. The molecule has 0 spiro atoms. The van der Waals surface area contributed by atoms with Crippen molar-refractivity contribution >= 4 is 5.82 Å². The number of aromatic nitrogens is 2. The highest BCUT2D eigenvalue weighted by Crippen LogP contribution is 2.29. The van der Waals surface area contributed by atoms with Crippen molar-refractivity contribution in [1.82, 2.24) is 9.97 Å². The Morgan fingerprint density at radius 2 is 1.95 bits per heavy atom. The Morgan fingerprint density at radius 1 is 1.19 bits per heavy atom. The summed E-state index contributed by atoms with van der Waals surface area (Å²) in [5, 5.41) is 3.23. The lowest BCUT2D eigenvalue weighted by Crippen LogP contribution is -2.07. The van der Waals surface area contributed by atoms with E-state index in [0.717, 1.165) is 24.3 Å². The van der Waals surface area contributed by atoms with Gasteiger partial charge in [-0.15, -0.1) is 0 Å². The summed E-state index contributed by atoms with van der Waals surface area (Å²) in [4.78, 5) is 8.62. The molecule has 0 aliphatic heterocycles. The third-order valence-electron chi connectivity index (χ3n) is 3.12. The fourth-order valence-electron chi connectivity index (χ4n) is 1.92. The lowest BCUT2D eigenvalue weighted by atomic mass is 10.2. The summed E-state index contributed by atoms with van der Waals surface area (Å²) in [7, 11) is 0. The Morgan fingerprint density at radius 3 is 2.67 bits per heavy atom. The van der Waals surface area contributed by atoms with Gasteiger partial charge in [0.2, 0.25) is 5.88 Å². The molecule has 2 aromatic rings. The Hall–Kier alpha value is -2.17. The molecule has 1 aromatic heterocycles. The molecule has 0 saturated carbocycles. The van der Waals surface area contributed by atoms with Crippen LogP contribution < -0.4 is 10.1 Å². The molecule has 0 fully saturated rings. The topological polar surface area (TPSA) is 47.0 Å². The van der Waals surface area contributed by atoms with Crippen LogP contribution in [0.4, 0.5) is 10.2 Å². The van der Waals surface area contributed by atoms with Gasteiger partial charge in [0.05, 0.1) is 5.56 Å². The molecule has 0 atom stereocenters. The van der Waals surface area contributed by atoms with Crippen molar-refractivity contribution in [2.75, 3.05) is 11.9 Å². The summed E-state index contributed by atoms with van der Waals surface area (Å²) < 4.78 is 19.7. The first-order chi connectivity index (χ1) is 10.0. The molecular formula is C16H20FN3O. The molecule has 112 valence electrons. The zero-order chi connectivity index (χ0) is 15.4. The largest absolute Gasteiger partial charge is 0.435 e. The van der Waals surface area contributed by atoms with Crippen molar-refractivity contribution < 1.29 is 9.13 Å². The smallest absolute Gasteiger partial charge is 0.227 e. The highest BCUT2D eigenvalue weighted by molar-refractivity contribution is 5.49. The minimum atomic E-state index is -0.365. The third kappa shape index (κ3) is 3.48. The standard InChI is InChI=1S/C16H20FN3O/c1-5-9-18-15-11(3)16(20-12(4)19-15)21-13-8-6-7-10(2)14(13)17/h6-8H,5,9H2,1-4H3,(H,18,19,20). The van der Waals surface area contributed by atoms with E-state index in [1.54, 1.807) is 32.0 Å². The van der Waals surface area contributed by atoms with E-state index in [1.165, 1.54) is 0 Å². The first-order valence-corrected chi connectivity index (χ1v) is 7.05. The summed E-state index contributed by atoms with van der Waals surface area (Å²) in [5.74, 6) is 1.51. The Bertz CT molecular complexity index is 644. The SMILES string of the molecule is CCCNc1nc(C)nc(Oc2cccc(C)c2F)c1C. The van der Waals surface area contributed by atoms with Crippen molar-refractivity contribution in [3.8, 4) is 11.6 Å². The molecule has 5 heteroatoms. The normalized spacial score (nSPS) is 10.5. The van der Waals surface area contributed by atoms with Gasteiger partial charge in [0, 0.05) is 6.54 Å². The molecule has 4 nitrogen and oxygen atoms in total. The average Bonchev–Trinajstić information content (AvgIpc) is 2.45. The Labute approximate surface area is 124 Å². The summed E-state index contributed by atoms with van der Waals surface area (Å²) in [6, 6.07) is 5.06. The predicted molar refractivity (Wildman–Crippen MR) is 81.5 cm³/mol. The number of benzene rings is 1. The van der Waals surface area contributed by atoms with Crippen LogP contribution in [0.3, 0.4) is 0 Å². The van der Waals surface area contributed by atoms with Crippen LogP contribution in [0, 0.1) is 26.6 Å². The van der Waals surface area contributed by atoms with E-state index in [4.69, 9.17) is 4.74 Å². The van der Waals surface area contributed by atoms with E-state index in [0.29, 0.717) is 17.3 Å². The average molecular weight is 289 g/mol. The van der Waals surface area contributed by atoms with E-state index < -0.39 is 0 Å². The molecule has 0 aliphatic carbocycles. The van der Waals surface area contributed by atoms with Crippen LogP contribution in [0.2, 0.25) is 0 Å². The van der Waals surface area contributed by atoms with Crippen LogP contribution in [0.1, 0.15) is 30.3 Å². The second kappa shape index (κ2) is 6.52. The van der Waals surface area contributed by atoms with Gasteiger partial charge >= 0.3 is 0 Å². The van der Waals surface area contributed by atoms with Crippen LogP contribution in [0.5, 0.6) is 11.6 Å². The van der Waals surface area contributed by atoms with Gasteiger partial charge in [-0.25, -0.2) is 9.37 Å². The summed E-state index contributed by atoms with van der Waals surface area (Å²) in [5.41, 5.74) is 1.32. The lowest BCUT2D eigenvalue weighted by Gasteiger charge is -2.13. The second-order valence-corrected chi connectivity index (χ2v) is 4.97. The van der Waals surface area contributed by atoms with Crippen molar-refractivity contribution in [1.29, 1.82) is 0 Å². The summed E-state index contributed by atoms with van der Waals surface area (Å²) in [6.45, 7) is 8.25. The minimum Gasteiger partial charge on any atom is -0.435 e. The van der Waals surface area contributed by atoms with Crippen molar-refractivity contribution in [3.63, 3.8) is 0 Å². The zero-order valence-electron chi connectivity index (χ0n) is 12.8. The van der Waals surface area contributed by atoms with Crippen LogP contribution >= 0.6 is 0 Å². The molecular weight excluding hydrogens is 269 g/mol. The van der Waals surface area contributed by atoms with Crippen molar-refractivity contribution in [2.45, 2.75) is 34.1 Å². The second-order valence-electron chi connectivity index (χ2n) is 4.97. The van der Waals surface area contributed by atoms with Crippen LogP contribution in [-0.4, -0.2) is 16.5 Å². The Kier molecular flexibility index (Phi) is 4.73. The van der Waals surface area contributed by atoms with E-state index in [2.05, 4.69) is 22.2 Å². The molecule has 0 amide bonds. The number of nitrogens with zero attached hydrogens (tertiary/aromatic N) is 2. The van der Waals surface area contributed by atoms with E-state index in [1.807, 2.05) is 6.92 Å². The zero-order valence-corrected chi connectivity index (χ0v) is 12.8. The summed E-state index contributed by atoms with van der Waals surface area (Å²) in [6.07, 6.45) is 0.991. The predicted octanol–water partition coefficient (Wildman–Crippen LogP) is 4.16. The van der Waals surface area contributed by atoms with Crippen LogP contribution in [0.25, 0.3) is 0 Å². The number of anilines is 1. The van der Waals surface area contributed by atoms with Gasteiger partial charge in [0.25, 0.3) is 0 Å². The van der Waals surface area contributed by atoms with E-state index in [-0.39, 0.29) is 11.6 Å². The monoisotopic (exact) mass is 289 g/mol. The molecule has 21 heavy (non-hydrogen) atoms. The highest BCUT2D eigenvalue weighted by atomic mass is 19.1. The van der Waals surface area contributed by atoms with Crippen molar-refractivity contribution in [2.24, 2.45) is 0 Å². The Balaban J connectivity index is 2.35. The van der Waals surface area contributed by atoms with Gasteiger partial charge in [-0.1, -0.05) is 19.1 Å². The van der Waals surface area contributed by atoms with Gasteiger partial charge in [0.1, 0.15) is 11.6 Å². The van der Waals surface area contributed by atoms with Crippen LogP contribution in [0.15, 0.2) is 18.2 Å². The molecule has 0 aliphatic rings. The molecule has 2 rings (SSSR count). The number of rotatable bonds is 5. The third-order valence-corrected chi connectivity index (χ3v) is 3.12. The quantitative estimate of drug-likeness (QED) is 0.898. The van der Waals surface area contributed by atoms with Crippen molar-refractivity contribution in [3.05, 3.63) is 41.0 Å². The molecule has 0 unspecified atom stereocenters. The molecule has 0 saturated heterocycles. The maximum atomic E-state index is 14.0. The summed E-state index contributed by atoms with van der Waals surface area (Å²) >= 11 is 0. The first kappa shape index (κ1) is 15.2. The molecule has 1 N–H and O–H groups in total. The minimum absolute atomic E-state index is 0.178. The lowest BCUT2D eigenvalue weighted by molar-refractivity contribution is 0.420. The molecule has 1 aromatic carbocycles. The number of hydrogen-bond donors (Lipinski definition) is 1. The highest BCUT2D eigenvalue weighted by Gasteiger charge is 2.14. The molecule has 0 bridgehead atoms. The molecule has 0 radical (unpaired) electrons. The number of halogens is 1. The fourth-order valence-corrected chi connectivity index (χ4v) is 1.92. The maximum Gasteiger partial charge on any atom is 0.227 e. The van der Waals surface area contributed by atoms with Gasteiger partial charge in [0.15, 0.2) is 11.6 Å². The van der Waals surface area contributed by atoms with Gasteiger partial charge in [-0.3, -0.25) is 0 Å². The van der Waals surface area contributed by atoms with Gasteiger partial charge in [-0.05, 0) is 38.8 Å². The van der Waals surface area contributed by atoms with E-state index in [9.17, 15) is 4.39 Å². The number of hydrogen-bond acceptors (Lipinski definition) is 4. The van der Waals surface area contributed by atoms with Gasteiger partial charge in [-0.2, -0.15) is 4.98 Å². The molecule has 1 heterocycles. The van der Waals surface area contributed by atoms with Gasteiger partial charge < -0.3 is 10.1 Å². The number of nitrogens with one attached hydrogen (secondary N) is 1. The van der Waals surface area contributed by atoms with E-state index >= 15 is 0 Å². The maximum absolute atomic E-state index is 14.0.